The standard InChI is InChI=1S/C17H20N2S/c1-3-19(16-7-5-4-6-8-16)12-15-10-9-14(17(18)20)11-13(15)2/h4-11H,3,12H2,1-2H3,(H2,18,20). The molecule has 0 bridgehead atoms. The first-order chi connectivity index (χ1) is 9.61. The predicted molar refractivity (Wildman–Crippen MR) is 90.2 cm³/mol. The number of anilines is 1. The summed E-state index contributed by atoms with van der Waals surface area (Å²) in [5.41, 5.74) is 10.4. The van der Waals surface area contributed by atoms with Crippen molar-refractivity contribution in [2.45, 2.75) is 20.4 Å². The maximum atomic E-state index is 5.67. The maximum absolute atomic E-state index is 5.67. The van der Waals surface area contributed by atoms with Crippen molar-refractivity contribution in [3.05, 3.63) is 65.2 Å². The molecule has 2 rings (SSSR count). The van der Waals surface area contributed by atoms with Crippen LogP contribution < -0.4 is 10.6 Å². The highest BCUT2D eigenvalue weighted by atomic mass is 32.1. The van der Waals surface area contributed by atoms with Crippen molar-refractivity contribution in [1.82, 2.24) is 0 Å². The molecule has 2 aromatic carbocycles. The molecule has 2 nitrogen and oxygen atoms in total. The van der Waals surface area contributed by atoms with Crippen LogP contribution in [-0.2, 0) is 6.54 Å². The number of hydrogen-bond donors (Lipinski definition) is 1. The minimum Gasteiger partial charge on any atom is -0.389 e. The average Bonchev–Trinajstić information content (AvgIpc) is 2.46. The van der Waals surface area contributed by atoms with Crippen LogP contribution in [0.2, 0.25) is 0 Å². The zero-order valence-electron chi connectivity index (χ0n) is 12.0. The van der Waals surface area contributed by atoms with Gasteiger partial charge in [0.15, 0.2) is 0 Å². The maximum Gasteiger partial charge on any atom is 0.103 e. The van der Waals surface area contributed by atoms with Crippen LogP contribution in [0.25, 0.3) is 0 Å². The largest absolute Gasteiger partial charge is 0.389 e. The van der Waals surface area contributed by atoms with Crippen LogP contribution in [0.15, 0.2) is 48.5 Å². The van der Waals surface area contributed by atoms with Gasteiger partial charge in [-0.1, -0.05) is 42.5 Å². The van der Waals surface area contributed by atoms with Gasteiger partial charge in [-0.15, -0.1) is 0 Å². The Kier molecular flexibility index (Phi) is 4.74. The molecular weight excluding hydrogens is 264 g/mol. The lowest BCUT2D eigenvalue weighted by molar-refractivity contribution is 0.827. The van der Waals surface area contributed by atoms with Crippen molar-refractivity contribution >= 4 is 22.9 Å². The Hall–Kier alpha value is -1.87. The Bertz CT molecular complexity index is 593. The van der Waals surface area contributed by atoms with Crippen LogP contribution in [0.4, 0.5) is 5.69 Å². The van der Waals surface area contributed by atoms with Crippen LogP contribution in [0.5, 0.6) is 0 Å². The quantitative estimate of drug-likeness (QED) is 0.850. The van der Waals surface area contributed by atoms with Crippen LogP contribution in [0, 0.1) is 6.92 Å². The highest BCUT2D eigenvalue weighted by molar-refractivity contribution is 7.80. The van der Waals surface area contributed by atoms with Crippen molar-refractivity contribution in [1.29, 1.82) is 0 Å². The molecular formula is C17H20N2S. The Labute approximate surface area is 126 Å². The molecule has 0 saturated carbocycles. The molecule has 0 aromatic heterocycles. The summed E-state index contributed by atoms with van der Waals surface area (Å²) in [6.07, 6.45) is 0. The summed E-state index contributed by atoms with van der Waals surface area (Å²) in [6, 6.07) is 16.7. The van der Waals surface area contributed by atoms with Crippen molar-refractivity contribution in [3.63, 3.8) is 0 Å². The molecule has 0 heterocycles. The third kappa shape index (κ3) is 3.36. The van der Waals surface area contributed by atoms with Gasteiger partial charge < -0.3 is 10.6 Å². The van der Waals surface area contributed by atoms with E-state index in [1.807, 2.05) is 12.1 Å². The van der Waals surface area contributed by atoms with E-state index in [-0.39, 0.29) is 0 Å². The van der Waals surface area contributed by atoms with Gasteiger partial charge in [-0.05, 0) is 43.2 Å². The molecule has 2 N–H and O–H groups in total. The summed E-state index contributed by atoms with van der Waals surface area (Å²) in [5.74, 6) is 0. The lowest BCUT2D eigenvalue weighted by Crippen LogP contribution is -2.22. The molecule has 20 heavy (non-hydrogen) atoms. The summed E-state index contributed by atoms with van der Waals surface area (Å²) >= 11 is 5.02. The first-order valence-corrected chi connectivity index (χ1v) is 7.22. The topological polar surface area (TPSA) is 29.3 Å². The van der Waals surface area contributed by atoms with Crippen LogP contribution >= 0.6 is 12.2 Å². The molecule has 0 fully saturated rings. The van der Waals surface area contributed by atoms with E-state index >= 15 is 0 Å². The fraction of sp³-hybridized carbons (Fsp3) is 0.235. The van der Waals surface area contributed by atoms with Gasteiger partial charge in [0, 0.05) is 24.3 Å². The third-order valence-corrected chi connectivity index (χ3v) is 3.73. The van der Waals surface area contributed by atoms with Crippen LogP contribution in [0.1, 0.15) is 23.6 Å². The lowest BCUT2D eigenvalue weighted by atomic mass is 10.0. The molecule has 3 heteroatoms. The highest BCUT2D eigenvalue weighted by Gasteiger charge is 2.08. The molecule has 0 aliphatic rings. The summed E-state index contributed by atoms with van der Waals surface area (Å²) in [7, 11) is 0. The second-order valence-electron chi connectivity index (χ2n) is 4.86. The number of thiocarbonyl (C=S) groups is 1. The van der Waals surface area contributed by atoms with E-state index in [9.17, 15) is 0 Å². The van der Waals surface area contributed by atoms with Crippen molar-refractivity contribution in [3.8, 4) is 0 Å². The molecule has 0 aliphatic carbocycles. The molecule has 0 radical (unpaired) electrons. The average molecular weight is 284 g/mol. The Balaban J connectivity index is 2.22. The van der Waals surface area contributed by atoms with E-state index in [0.717, 1.165) is 18.7 Å². The van der Waals surface area contributed by atoms with E-state index < -0.39 is 0 Å². The number of benzene rings is 2. The number of aryl methyl sites for hydroxylation is 1. The predicted octanol–water partition coefficient (Wildman–Crippen LogP) is 3.66. The summed E-state index contributed by atoms with van der Waals surface area (Å²) < 4.78 is 0. The molecule has 0 aliphatic heterocycles. The summed E-state index contributed by atoms with van der Waals surface area (Å²) in [5, 5.41) is 0. The zero-order chi connectivity index (χ0) is 14.5. The molecule has 0 unspecified atom stereocenters. The SMILES string of the molecule is CCN(Cc1ccc(C(N)=S)cc1C)c1ccccc1. The van der Waals surface area contributed by atoms with Gasteiger partial charge in [0.05, 0.1) is 0 Å². The molecule has 0 atom stereocenters. The minimum atomic E-state index is 0.454. The molecule has 2 aromatic rings. The second kappa shape index (κ2) is 6.53. The second-order valence-corrected chi connectivity index (χ2v) is 5.30. The summed E-state index contributed by atoms with van der Waals surface area (Å²) in [4.78, 5) is 2.80. The van der Waals surface area contributed by atoms with Crippen LogP contribution in [0.3, 0.4) is 0 Å². The highest BCUT2D eigenvalue weighted by Crippen LogP contribution is 2.19. The Morgan fingerprint density at radius 1 is 1.15 bits per heavy atom. The molecule has 104 valence electrons. The number of rotatable bonds is 5. The van der Waals surface area contributed by atoms with Gasteiger partial charge in [0.2, 0.25) is 0 Å². The van der Waals surface area contributed by atoms with Crippen molar-refractivity contribution < 1.29 is 0 Å². The zero-order valence-corrected chi connectivity index (χ0v) is 12.8. The van der Waals surface area contributed by atoms with Gasteiger partial charge in [0.25, 0.3) is 0 Å². The number of hydrogen-bond acceptors (Lipinski definition) is 2. The first-order valence-electron chi connectivity index (χ1n) is 6.81. The van der Waals surface area contributed by atoms with E-state index in [2.05, 4.69) is 55.1 Å². The van der Waals surface area contributed by atoms with Crippen molar-refractivity contribution in [2.24, 2.45) is 5.73 Å². The van der Waals surface area contributed by atoms with Gasteiger partial charge in [-0.2, -0.15) is 0 Å². The molecule has 0 saturated heterocycles. The third-order valence-electron chi connectivity index (χ3n) is 3.49. The number of para-hydroxylation sites is 1. The minimum absolute atomic E-state index is 0.454. The fourth-order valence-electron chi connectivity index (χ4n) is 2.26. The molecule has 0 spiro atoms. The Morgan fingerprint density at radius 3 is 2.40 bits per heavy atom. The smallest absolute Gasteiger partial charge is 0.103 e. The molecule has 0 amide bonds. The van der Waals surface area contributed by atoms with E-state index in [0.29, 0.717) is 4.99 Å². The summed E-state index contributed by atoms with van der Waals surface area (Å²) in [6.45, 7) is 6.14. The first kappa shape index (κ1) is 14.5. The van der Waals surface area contributed by atoms with Gasteiger partial charge in [-0.25, -0.2) is 0 Å². The lowest BCUT2D eigenvalue weighted by Gasteiger charge is -2.24. The van der Waals surface area contributed by atoms with Gasteiger partial charge in [0.1, 0.15) is 4.99 Å². The van der Waals surface area contributed by atoms with Gasteiger partial charge >= 0.3 is 0 Å². The van der Waals surface area contributed by atoms with E-state index in [1.54, 1.807) is 0 Å². The van der Waals surface area contributed by atoms with Crippen molar-refractivity contribution in [2.75, 3.05) is 11.4 Å². The number of nitrogens with zero attached hydrogens (tertiary/aromatic N) is 1. The van der Waals surface area contributed by atoms with Gasteiger partial charge in [-0.3, -0.25) is 0 Å². The Morgan fingerprint density at radius 2 is 1.85 bits per heavy atom. The van der Waals surface area contributed by atoms with Crippen LogP contribution in [-0.4, -0.2) is 11.5 Å². The van der Waals surface area contributed by atoms with E-state index in [4.69, 9.17) is 18.0 Å². The fourth-order valence-corrected chi connectivity index (χ4v) is 2.38. The normalized spacial score (nSPS) is 10.3. The number of nitrogens with two attached hydrogens (primary N) is 1. The van der Waals surface area contributed by atoms with E-state index in [1.165, 1.54) is 16.8 Å². The monoisotopic (exact) mass is 284 g/mol.